The van der Waals surface area contributed by atoms with Crippen molar-refractivity contribution < 1.29 is 0 Å². The minimum atomic E-state index is -0.207. The fraction of sp³-hybridized carbons (Fsp3) is 0.409. The first-order valence-electron chi connectivity index (χ1n) is 9.81. The molecule has 0 bridgehead atoms. The number of hydrogen-bond donors (Lipinski definition) is 3. The molecule has 0 aliphatic carbocycles. The van der Waals surface area contributed by atoms with E-state index in [-0.39, 0.29) is 11.6 Å². The second kappa shape index (κ2) is 9.39. The Kier molecular flexibility index (Phi) is 7.18. The van der Waals surface area contributed by atoms with Crippen LogP contribution in [-0.2, 0) is 7.05 Å². The number of rotatable bonds is 5. The van der Waals surface area contributed by atoms with Crippen molar-refractivity contribution in [2.45, 2.75) is 46.2 Å². The van der Waals surface area contributed by atoms with Crippen molar-refractivity contribution in [1.82, 2.24) is 19.7 Å². The third-order valence-corrected chi connectivity index (χ3v) is 4.07. The van der Waals surface area contributed by atoms with E-state index in [1.165, 1.54) is 0 Å². The van der Waals surface area contributed by atoms with Crippen LogP contribution in [-0.4, -0.2) is 31.8 Å². The summed E-state index contributed by atoms with van der Waals surface area (Å²) in [6.45, 7) is 10.7. The maximum Gasteiger partial charge on any atom is 0.226 e. The van der Waals surface area contributed by atoms with Crippen LogP contribution >= 0.6 is 0 Å². The number of aryl methyl sites for hydroxylation is 1. The van der Waals surface area contributed by atoms with Gasteiger partial charge in [-0.15, -0.1) is 6.42 Å². The van der Waals surface area contributed by atoms with Crippen molar-refractivity contribution in [1.29, 1.82) is 0 Å². The molecule has 0 fully saturated rings. The maximum absolute atomic E-state index is 6.29. The lowest BCUT2D eigenvalue weighted by Gasteiger charge is -2.22. The van der Waals surface area contributed by atoms with Crippen molar-refractivity contribution in [2.24, 2.45) is 12.8 Å². The van der Waals surface area contributed by atoms with Gasteiger partial charge in [0.1, 0.15) is 5.82 Å². The van der Waals surface area contributed by atoms with Gasteiger partial charge < -0.3 is 16.4 Å². The third-order valence-electron chi connectivity index (χ3n) is 4.07. The van der Waals surface area contributed by atoms with Crippen LogP contribution < -0.4 is 16.4 Å². The third kappa shape index (κ3) is 5.69. The summed E-state index contributed by atoms with van der Waals surface area (Å²) in [5, 5.41) is 11.8. The van der Waals surface area contributed by atoms with Crippen molar-refractivity contribution in [2.75, 3.05) is 17.2 Å². The Balaban J connectivity index is 0.00000145. The highest BCUT2D eigenvalue weighted by Gasteiger charge is 2.17. The van der Waals surface area contributed by atoms with Crippen LogP contribution in [0, 0.1) is 12.3 Å². The molecular weight excluding hydrogens is 362 g/mol. The Morgan fingerprint density at radius 1 is 1.17 bits per heavy atom. The van der Waals surface area contributed by atoms with E-state index in [0.717, 1.165) is 28.0 Å². The molecule has 4 N–H and O–H groups in total. The summed E-state index contributed by atoms with van der Waals surface area (Å²) in [4.78, 5) is 9.20. The summed E-state index contributed by atoms with van der Waals surface area (Å²) in [6.07, 6.45) is 7.16. The van der Waals surface area contributed by atoms with Gasteiger partial charge in [0.05, 0.1) is 11.6 Å². The second-order valence-electron chi connectivity index (χ2n) is 7.53. The summed E-state index contributed by atoms with van der Waals surface area (Å²) in [5.41, 5.74) is 8.75. The Morgan fingerprint density at radius 3 is 2.41 bits per heavy atom. The molecule has 0 radical (unpaired) electrons. The molecule has 0 spiro atoms. The highest BCUT2D eigenvalue weighted by atomic mass is 15.3. The van der Waals surface area contributed by atoms with Gasteiger partial charge in [-0.05, 0) is 38.5 Å². The highest BCUT2D eigenvalue weighted by molar-refractivity contribution is 5.87. The van der Waals surface area contributed by atoms with E-state index in [1.54, 1.807) is 10.9 Å². The van der Waals surface area contributed by atoms with Crippen LogP contribution in [0.4, 0.5) is 11.8 Å². The number of hydrogen-bond acceptors (Lipinski definition) is 6. The molecule has 2 heterocycles. The summed E-state index contributed by atoms with van der Waals surface area (Å²) in [7, 11) is 1.86. The lowest BCUT2D eigenvalue weighted by atomic mass is 10.1. The van der Waals surface area contributed by atoms with Gasteiger partial charge in [0, 0.05) is 30.7 Å². The molecule has 0 saturated carbocycles. The van der Waals surface area contributed by atoms with Gasteiger partial charge in [-0.3, -0.25) is 4.68 Å². The number of aromatic nitrogens is 4. The Labute approximate surface area is 173 Å². The number of terminal acetylenes is 1. The SMILES string of the molecule is C#Cc1ccc(C(N)CNc2nc(NC(C)(C)C)c3cnn(C)c3n2)cc1.CC. The van der Waals surface area contributed by atoms with E-state index >= 15 is 0 Å². The van der Waals surface area contributed by atoms with E-state index in [1.807, 2.05) is 45.2 Å². The zero-order chi connectivity index (χ0) is 21.6. The molecule has 1 atom stereocenters. The first-order chi connectivity index (χ1) is 13.8. The quantitative estimate of drug-likeness (QED) is 0.572. The zero-order valence-electron chi connectivity index (χ0n) is 18.1. The lowest BCUT2D eigenvalue weighted by molar-refractivity contribution is 0.631. The number of fused-ring (bicyclic) bond motifs is 1. The molecule has 0 aliphatic rings. The van der Waals surface area contributed by atoms with Crippen molar-refractivity contribution in [3.05, 3.63) is 41.6 Å². The number of benzene rings is 1. The molecule has 2 aromatic heterocycles. The van der Waals surface area contributed by atoms with E-state index in [2.05, 4.69) is 52.4 Å². The molecule has 7 nitrogen and oxygen atoms in total. The lowest BCUT2D eigenvalue weighted by Crippen LogP contribution is -2.27. The van der Waals surface area contributed by atoms with Gasteiger partial charge in [-0.1, -0.05) is 31.9 Å². The monoisotopic (exact) mass is 393 g/mol. The smallest absolute Gasteiger partial charge is 0.226 e. The number of anilines is 2. The van der Waals surface area contributed by atoms with Gasteiger partial charge in [0.25, 0.3) is 0 Å². The highest BCUT2D eigenvalue weighted by Crippen LogP contribution is 2.24. The van der Waals surface area contributed by atoms with Crippen LogP contribution in [0.3, 0.4) is 0 Å². The number of nitrogens with one attached hydrogen (secondary N) is 2. The van der Waals surface area contributed by atoms with Gasteiger partial charge in [-0.2, -0.15) is 15.1 Å². The molecule has 0 saturated heterocycles. The van der Waals surface area contributed by atoms with Crippen LogP contribution in [0.2, 0.25) is 0 Å². The topological polar surface area (TPSA) is 93.7 Å². The van der Waals surface area contributed by atoms with Crippen LogP contribution in [0.15, 0.2) is 30.5 Å². The fourth-order valence-electron chi connectivity index (χ4n) is 2.70. The minimum Gasteiger partial charge on any atom is -0.365 e. The van der Waals surface area contributed by atoms with Crippen molar-refractivity contribution in [3.8, 4) is 12.3 Å². The predicted octanol–water partition coefficient (Wildman–Crippen LogP) is 3.69. The van der Waals surface area contributed by atoms with Gasteiger partial charge in [-0.25, -0.2) is 0 Å². The largest absolute Gasteiger partial charge is 0.365 e. The van der Waals surface area contributed by atoms with Crippen molar-refractivity contribution >= 4 is 22.8 Å². The number of nitrogens with zero attached hydrogens (tertiary/aromatic N) is 4. The molecule has 3 aromatic rings. The van der Waals surface area contributed by atoms with E-state index in [0.29, 0.717) is 12.5 Å². The Bertz CT molecular complexity index is 975. The molecule has 1 aromatic carbocycles. The fourth-order valence-corrected chi connectivity index (χ4v) is 2.70. The van der Waals surface area contributed by atoms with E-state index < -0.39 is 0 Å². The Hall–Kier alpha value is -3.11. The number of nitrogens with two attached hydrogens (primary N) is 1. The first-order valence-corrected chi connectivity index (χ1v) is 9.81. The van der Waals surface area contributed by atoms with Crippen LogP contribution in [0.25, 0.3) is 11.0 Å². The minimum absolute atomic E-state index is 0.135. The standard InChI is InChI=1S/C20H25N7.C2H6/c1-6-13-7-9-14(10-8-13)16(21)12-22-19-24-17(26-20(2,3)4)15-11-23-27(5)18(15)25-19;1-2/h1,7-11,16H,12,21H2,2-5H3,(H2,22,24,25,26);1-2H3. The Morgan fingerprint density at radius 2 is 1.83 bits per heavy atom. The van der Waals surface area contributed by atoms with Crippen molar-refractivity contribution in [3.63, 3.8) is 0 Å². The average molecular weight is 394 g/mol. The first kappa shape index (κ1) is 22.2. The molecule has 1 unspecified atom stereocenters. The summed E-state index contributed by atoms with van der Waals surface area (Å²) < 4.78 is 1.73. The predicted molar refractivity (Wildman–Crippen MR) is 121 cm³/mol. The van der Waals surface area contributed by atoms with Gasteiger partial charge >= 0.3 is 0 Å². The van der Waals surface area contributed by atoms with E-state index in [9.17, 15) is 0 Å². The molecule has 154 valence electrons. The summed E-state index contributed by atoms with van der Waals surface area (Å²) in [5.74, 6) is 3.86. The second-order valence-corrected chi connectivity index (χ2v) is 7.53. The molecule has 7 heteroatoms. The molecule has 29 heavy (non-hydrogen) atoms. The molecule has 0 aliphatic heterocycles. The zero-order valence-corrected chi connectivity index (χ0v) is 18.1. The van der Waals surface area contributed by atoms with Gasteiger partial charge in [0.15, 0.2) is 5.65 Å². The summed E-state index contributed by atoms with van der Waals surface area (Å²) >= 11 is 0. The average Bonchev–Trinajstić information content (AvgIpc) is 3.08. The molecular formula is C22H31N7. The normalized spacial score (nSPS) is 11.9. The molecule has 3 rings (SSSR count). The molecule has 0 amide bonds. The van der Waals surface area contributed by atoms with E-state index in [4.69, 9.17) is 12.2 Å². The summed E-state index contributed by atoms with van der Waals surface area (Å²) in [6, 6.07) is 7.46. The van der Waals surface area contributed by atoms with Crippen LogP contribution in [0.1, 0.15) is 51.8 Å². The van der Waals surface area contributed by atoms with Gasteiger partial charge in [0.2, 0.25) is 5.95 Å². The maximum atomic E-state index is 6.29. The van der Waals surface area contributed by atoms with Crippen LogP contribution in [0.5, 0.6) is 0 Å².